The summed E-state index contributed by atoms with van der Waals surface area (Å²) in [6.07, 6.45) is 3.23. The fourth-order valence-electron chi connectivity index (χ4n) is 3.49. The molecule has 0 aliphatic carbocycles. The number of aryl methyl sites for hydroxylation is 4. The Morgan fingerprint density at radius 3 is 2.21 bits per heavy atom. The number of hydrogen-bond acceptors (Lipinski definition) is 3. The first-order valence-electron chi connectivity index (χ1n) is 9.31. The molecule has 0 aliphatic rings. The third kappa shape index (κ3) is 3.09. The maximum Gasteiger partial charge on any atom is 0.275 e. The Labute approximate surface area is 169 Å². The number of pyridine rings is 1. The topological polar surface area (TPSA) is 61.1 Å². The molecule has 2 aromatic heterocycles. The first-order valence-corrected chi connectivity index (χ1v) is 10.7. The van der Waals surface area contributed by atoms with E-state index in [4.69, 9.17) is 0 Å². The summed E-state index contributed by atoms with van der Waals surface area (Å²) in [6.45, 7) is 5.97. The van der Waals surface area contributed by atoms with Gasteiger partial charge < -0.3 is 4.57 Å². The minimum atomic E-state index is -3.89. The highest BCUT2D eigenvalue weighted by atomic mass is 32.2. The van der Waals surface area contributed by atoms with Crippen LogP contribution in [-0.4, -0.2) is 17.0 Å². The van der Waals surface area contributed by atoms with Crippen molar-refractivity contribution in [3.05, 3.63) is 88.0 Å². The highest BCUT2D eigenvalue weighted by Crippen LogP contribution is 2.30. The van der Waals surface area contributed by atoms with Crippen LogP contribution in [0.4, 0.5) is 0 Å². The molecule has 29 heavy (non-hydrogen) atoms. The Morgan fingerprint density at radius 2 is 1.55 bits per heavy atom. The Kier molecular flexibility index (Phi) is 4.46. The molecule has 4 rings (SSSR count). The SMILES string of the molecule is Cc1ccc(S(=O)(=O)n2ccc3c(-c4ccc(C)c(C)c4)cn(C)c(=O)c32)cc1. The number of rotatable bonds is 3. The van der Waals surface area contributed by atoms with E-state index in [1.165, 1.54) is 16.3 Å². The van der Waals surface area contributed by atoms with E-state index in [-0.39, 0.29) is 16.0 Å². The van der Waals surface area contributed by atoms with Crippen molar-refractivity contribution in [2.45, 2.75) is 25.7 Å². The van der Waals surface area contributed by atoms with Gasteiger partial charge in [0.05, 0.1) is 4.90 Å². The monoisotopic (exact) mass is 406 g/mol. The number of fused-ring (bicyclic) bond motifs is 1. The lowest BCUT2D eigenvalue weighted by Crippen LogP contribution is -2.22. The Balaban J connectivity index is 2.02. The van der Waals surface area contributed by atoms with Crippen molar-refractivity contribution < 1.29 is 8.42 Å². The quantitative estimate of drug-likeness (QED) is 0.513. The molecule has 0 unspecified atom stereocenters. The van der Waals surface area contributed by atoms with Gasteiger partial charge in [-0.1, -0.05) is 35.9 Å². The smallest absolute Gasteiger partial charge is 0.275 e. The predicted molar refractivity (Wildman–Crippen MR) is 116 cm³/mol. The standard InChI is InChI=1S/C23H22N2O3S/c1-15-5-9-19(10-6-15)29(27,28)25-12-11-20-21(14-24(4)23(26)22(20)25)18-8-7-16(2)17(3)13-18/h5-14H,1-4H3. The zero-order chi connectivity index (χ0) is 20.9. The molecule has 0 saturated carbocycles. The van der Waals surface area contributed by atoms with E-state index < -0.39 is 10.0 Å². The average molecular weight is 407 g/mol. The van der Waals surface area contributed by atoms with E-state index in [9.17, 15) is 13.2 Å². The molecule has 6 heteroatoms. The molecule has 0 spiro atoms. The average Bonchev–Trinajstić information content (AvgIpc) is 3.13. The lowest BCUT2D eigenvalue weighted by molar-refractivity contribution is 0.589. The minimum Gasteiger partial charge on any atom is -0.316 e. The van der Waals surface area contributed by atoms with E-state index in [0.717, 1.165) is 26.2 Å². The van der Waals surface area contributed by atoms with E-state index in [2.05, 4.69) is 6.07 Å². The van der Waals surface area contributed by atoms with Crippen LogP contribution >= 0.6 is 0 Å². The van der Waals surface area contributed by atoms with E-state index in [1.54, 1.807) is 43.6 Å². The molecule has 2 aromatic carbocycles. The van der Waals surface area contributed by atoms with Gasteiger partial charge in [-0.15, -0.1) is 0 Å². The lowest BCUT2D eigenvalue weighted by Gasteiger charge is -2.12. The zero-order valence-corrected chi connectivity index (χ0v) is 17.6. The van der Waals surface area contributed by atoms with Gasteiger partial charge in [-0.05, 0) is 55.7 Å². The van der Waals surface area contributed by atoms with Crippen molar-refractivity contribution in [2.75, 3.05) is 0 Å². The summed E-state index contributed by atoms with van der Waals surface area (Å²) in [6, 6.07) is 14.4. The molecule has 0 aliphatic heterocycles. The Bertz CT molecular complexity index is 1410. The normalized spacial score (nSPS) is 11.9. The van der Waals surface area contributed by atoms with Gasteiger partial charge in [-0.3, -0.25) is 4.79 Å². The van der Waals surface area contributed by atoms with Crippen LogP contribution in [0, 0.1) is 20.8 Å². The van der Waals surface area contributed by atoms with Crippen molar-refractivity contribution in [3.8, 4) is 11.1 Å². The zero-order valence-electron chi connectivity index (χ0n) is 16.8. The molecule has 0 fully saturated rings. The summed E-state index contributed by atoms with van der Waals surface area (Å²) in [5, 5.41) is 0.618. The van der Waals surface area contributed by atoms with Crippen LogP contribution in [0.3, 0.4) is 0 Å². The lowest BCUT2D eigenvalue weighted by atomic mass is 9.99. The maximum absolute atomic E-state index is 13.2. The molecule has 0 atom stereocenters. The summed E-state index contributed by atoms with van der Waals surface area (Å²) in [7, 11) is -2.25. The van der Waals surface area contributed by atoms with Crippen molar-refractivity contribution in [1.82, 2.24) is 8.54 Å². The van der Waals surface area contributed by atoms with Gasteiger partial charge in [0.25, 0.3) is 15.6 Å². The largest absolute Gasteiger partial charge is 0.316 e. The predicted octanol–water partition coefficient (Wildman–Crippen LogP) is 4.17. The fourth-order valence-corrected chi connectivity index (χ4v) is 4.84. The number of nitrogens with zero attached hydrogens (tertiary/aromatic N) is 2. The molecule has 0 bridgehead atoms. The van der Waals surface area contributed by atoms with Gasteiger partial charge in [0, 0.05) is 30.4 Å². The second-order valence-corrected chi connectivity index (χ2v) is 9.26. The van der Waals surface area contributed by atoms with Crippen molar-refractivity contribution in [3.63, 3.8) is 0 Å². The van der Waals surface area contributed by atoms with Crippen molar-refractivity contribution in [1.29, 1.82) is 0 Å². The van der Waals surface area contributed by atoms with Crippen LogP contribution in [-0.2, 0) is 17.1 Å². The molecule has 148 valence electrons. The summed E-state index contributed by atoms with van der Waals surface area (Å²) < 4.78 is 29.0. The molecule has 0 amide bonds. The Hall–Kier alpha value is -3.12. The van der Waals surface area contributed by atoms with Gasteiger partial charge >= 0.3 is 0 Å². The maximum atomic E-state index is 13.2. The molecule has 4 aromatic rings. The van der Waals surface area contributed by atoms with Gasteiger partial charge in [-0.25, -0.2) is 12.4 Å². The summed E-state index contributed by atoms with van der Waals surface area (Å²) in [5.41, 5.74) is 4.85. The molecular formula is C23H22N2O3S. The number of aromatic nitrogens is 2. The first-order chi connectivity index (χ1) is 13.7. The summed E-state index contributed by atoms with van der Waals surface area (Å²) in [4.78, 5) is 13.1. The summed E-state index contributed by atoms with van der Waals surface area (Å²) >= 11 is 0. The van der Waals surface area contributed by atoms with Crippen LogP contribution in [0.25, 0.3) is 22.0 Å². The van der Waals surface area contributed by atoms with Gasteiger partial charge in [0.1, 0.15) is 5.52 Å². The third-order valence-electron chi connectivity index (χ3n) is 5.38. The molecule has 0 saturated heterocycles. The first kappa shape index (κ1) is 19.2. The van der Waals surface area contributed by atoms with Crippen LogP contribution in [0.1, 0.15) is 16.7 Å². The van der Waals surface area contributed by atoms with Crippen LogP contribution in [0.5, 0.6) is 0 Å². The van der Waals surface area contributed by atoms with Crippen molar-refractivity contribution in [2.24, 2.45) is 7.05 Å². The molecular weight excluding hydrogens is 384 g/mol. The molecule has 2 heterocycles. The van der Waals surface area contributed by atoms with E-state index in [0.29, 0.717) is 5.39 Å². The van der Waals surface area contributed by atoms with E-state index >= 15 is 0 Å². The molecule has 0 radical (unpaired) electrons. The second-order valence-electron chi connectivity index (χ2n) is 7.45. The Morgan fingerprint density at radius 1 is 0.862 bits per heavy atom. The van der Waals surface area contributed by atoms with Crippen LogP contribution < -0.4 is 5.56 Å². The van der Waals surface area contributed by atoms with Crippen molar-refractivity contribution >= 4 is 20.9 Å². The van der Waals surface area contributed by atoms with Gasteiger partial charge in [-0.2, -0.15) is 0 Å². The third-order valence-corrected chi connectivity index (χ3v) is 7.07. The highest BCUT2D eigenvalue weighted by molar-refractivity contribution is 7.90. The van der Waals surface area contributed by atoms with E-state index in [1.807, 2.05) is 32.9 Å². The highest BCUT2D eigenvalue weighted by Gasteiger charge is 2.23. The minimum absolute atomic E-state index is 0.152. The second kappa shape index (κ2) is 6.74. The van der Waals surface area contributed by atoms with Gasteiger partial charge in [0.15, 0.2) is 0 Å². The van der Waals surface area contributed by atoms with Gasteiger partial charge in [0.2, 0.25) is 0 Å². The fraction of sp³-hybridized carbons (Fsp3) is 0.174. The molecule has 5 nitrogen and oxygen atoms in total. The summed E-state index contributed by atoms with van der Waals surface area (Å²) in [5.74, 6) is 0. The van der Waals surface area contributed by atoms with Crippen LogP contribution in [0.2, 0.25) is 0 Å². The molecule has 0 N–H and O–H groups in total. The van der Waals surface area contributed by atoms with Crippen LogP contribution in [0.15, 0.2) is 70.6 Å². The number of hydrogen-bond donors (Lipinski definition) is 0. The number of benzene rings is 2.